The van der Waals surface area contributed by atoms with E-state index in [1.807, 2.05) is 0 Å². The number of rotatable bonds is 2. The maximum atomic E-state index is 10.6. The number of hydrogen-bond acceptors (Lipinski definition) is 4. The van der Waals surface area contributed by atoms with Gasteiger partial charge < -0.3 is 15.3 Å². The summed E-state index contributed by atoms with van der Waals surface area (Å²) in [5, 5.41) is 8.66. The Kier molecular flexibility index (Phi) is 1.94. The van der Waals surface area contributed by atoms with Crippen molar-refractivity contribution in [3.63, 3.8) is 0 Å². The molecule has 1 aromatic carbocycles. The smallest absolute Gasteiger partial charge is 0.392 e. The molecule has 0 bridgehead atoms. The zero-order valence-corrected chi connectivity index (χ0v) is 7.23. The lowest BCUT2D eigenvalue weighted by Crippen LogP contribution is -1.98. The number of oxazole rings is 1. The summed E-state index contributed by atoms with van der Waals surface area (Å²) in [5.41, 5.74) is 7.22. The normalized spacial score (nSPS) is 10.6. The molecule has 1 aromatic heterocycles. The van der Waals surface area contributed by atoms with Crippen LogP contribution in [-0.2, 0) is 6.54 Å². The number of nitrogens with two attached hydrogens (primary N) is 1. The molecule has 2 aromatic rings. The van der Waals surface area contributed by atoms with Crippen molar-refractivity contribution in [1.29, 1.82) is 0 Å². The summed E-state index contributed by atoms with van der Waals surface area (Å²) in [4.78, 5) is 14.4. The second-order valence-corrected chi connectivity index (χ2v) is 2.79. The summed E-state index contributed by atoms with van der Waals surface area (Å²) in [6, 6.07) is 5.20. The van der Waals surface area contributed by atoms with Gasteiger partial charge in [0.2, 0.25) is 0 Å². The van der Waals surface area contributed by atoms with Crippen molar-refractivity contribution in [3.8, 4) is 0 Å². The molecule has 0 atom stereocenters. The van der Waals surface area contributed by atoms with Gasteiger partial charge in [0.15, 0.2) is 5.58 Å². The van der Waals surface area contributed by atoms with Gasteiger partial charge in [-0.2, -0.15) is 0 Å². The Labute approximate surface area is 79.2 Å². The Hall–Kier alpha value is -1.88. The van der Waals surface area contributed by atoms with Crippen LogP contribution in [0.5, 0.6) is 0 Å². The Morgan fingerprint density at radius 1 is 1.57 bits per heavy atom. The van der Waals surface area contributed by atoms with E-state index in [-0.39, 0.29) is 5.89 Å². The van der Waals surface area contributed by atoms with Gasteiger partial charge in [-0.25, -0.2) is 9.78 Å². The summed E-state index contributed by atoms with van der Waals surface area (Å²) in [7, 11) is 0. The largest absolute Gasteiger partial charge is 0.474 e. The van der Waals surface area contributed by atoms with Crippen LogP contribution in [0.3, 0.4) is 0 Å². The van der Waals surface area contributed by atoms with E-state index in [1.54, 1.807) is 18.2 Å². The summed E-state index contributed by atoms with van der Waals surface area (Å²) in [6.45, 7) is 0.308. The maximum Gasteiger partial charge on any atom is 0.392 e. The summed E-state index contributed by atoms with van der Waals surface area (Å²) in [6.07, 6.45) is 0. The lowest BCUT2D eigenvalue weighted by molar-refractivity contribution is 0.0656. The number of benzene rings is 1. The first kappa shape index (κ1) is 8.71. The van der Waals surface area contributed by atoms with Crippen molar-refractivity contribution in [2.75, 3.05) is 0 Å². The zero-order chi connectivity index (χ0) is 10.1. The summed E-state index contributed by atoms with van der Waals surface area (Å²) < 4.78 is 5.01. The van der Waals surface area contributed by atoms with E-state index >= 15 is 0 Å². The standard InChI is InChI=1S/C9H8N2O3/c10-4-5-2-1-3-6-7(5)11-8(14-6)9(12)13/h1-3H,4,10H2,(H,12,13). The number of fused-ring (bicyclic) bond motifs is 1. The molecule has 3 N–H and O–H groups in total. The molecule has 5 nitrogen and oxygen atoms in total. The van der Waals surface area contributed by atoms with Gasteiger partial charge in [-0.15, -0.1) is 0 Å². The fourth-order valence-electron chi connectivity index (χ4n) is 1.26. The van der Waals surface area contributed by atoms with Crippen LogP contribution < -0.4 is 5.73 Å². The first-order valence-corrected chi connectivity index (χ1v) is 4.04. The van der Waals surface area contributed by atoms with Crippen LogP contribution in [0.1, 0.15) is 16.2 Å². The predicted molar refractivity (Wildman–Crippen MR) is 48.9 cm³/mol. The minimum atomic E-state index is -1.18. The molecule has 2 rings (SSSR count). The molecule has 0 aliphatic heterocycles. The van der Waals surface area contributed by atoms with Gasteiger partial charge in [-0.05, 0) is 11.6 Å². The van der Waals surface area contributed by atoms with Gasteiger partial charge >= 0.3 is 11.9 Å². The number of aromatic nitrogens is 1. The molecular formula is C9H8N2O3. The monoisotopic (exact) mass is 192 g/mol. The van der Waals surface area contributed by atoms with E-state index in [0.717, 1.165) is 5.56 Å². The van der Waals surface area contributed by atoms with E-state index < -0.39 is 5.97 Å². The van der Waals surface area contributed by atoms with Gasteiger partial charge in [-0.3, -0.25) is 0 Å². The lowest BCUT2D eigenvalue weighted by atomic mass is 10.2. The molecular weight excluding hydrogens is 184 g/mol. The van der Waals surface area contributed by atoms with Crippen molar-refractivity contribution in [3.05, 3.63) is 29.7 Å². The molecule has 0 spiro atoms. The first-order chi connectivity index (χ1) is 6.72. The molecule has 1 heterocycles. The third-order valence-electron chi connectivity index (χ3n) is 1.91. The molecule has 0 fully saturated rings. The number of nitrogens with zero attached hydrogens (tertiary/aromatic N) is 1. The summed E-state index contributed by atoms with van der Waals surface area (Å²) >= 11 is 0. The number of carboxylic acids is 1. The van der Waals surface area contributed by atoms with E-state index in [2.05, 4.69) is 4.98 Å². The van der Waals surface area contributed by atoms with Gasteiger partial charge in [0, 0.05) is 6.54 Å². The Morgan fingerprint density at radius 2 is 2.36 bits per heavy atom. The van der Waals surface area contributed by atoms with Crippen LogP contribution in [0.4, 0.5) is 0 Å². The zero-order valence-electron chi connectivity index (χ0n) is 7.23. The second-order valence-electron chi connectivity index (χ2n) is 2.79. The highest BCUT2D eigenvalue weighted by Crippen LogP contribution is 2.19. The van der Waals surface area contributed by atoms with Crippen molar-refractivity contribution >= 4 is 17.1 Å². The highest BCUT2D eigenvalue weighted by Gasteiger charge is 2.13. The molecule has 5 heteroatoms. The SMILES string of the molecule is NCc1cccc2oc(C(=O)O)nc12. The van der Waals surface area contributed by atoms with Crippen LogP contribution >= 0.6 is 0 Å². The highest BCUT2D eigenvalue weighted by molar-refractivity contribution is 5.87. The fraction of sp³-hybridized carbons (Fsp3) is 0.111. The average molecular weight is 192 g/mol. The fourth-order valence-corrected chi connectivity index (χ4v) is 1.26. The topological polar surface area (TPSA) is 89.3 Å². The minimum absolute atomic E-state index is 0.305. The molecule has 0 aliphatic rings. The minimum Gasteiger partial charge on any atom is -0.474 e. The van der Waals surface area contributed by atoms with Crippen molar-refractivity contribution < 1.29 is 14.3 Å². The Morgan fingerprint density at radius 3 is 3.00 bits per heavy atom. The van der Waals surface area contributed by atoms with Crippen molar-refractivity contribution in [1.82, 2.24) is 4.98 Å². The number of para-hydroxylation sites is 1. The van der Waals surface area contributed by atoms with Crippen molar-refractivity contribution in [2.24, 2.45) is 5.73 Å². The number of carboxylic acid groups (broad SMARTS) is 1. The molecule has 14 heavy (non-hydrogen) atoms. The predicted octanol–water partition coefficient (Wildman–Crippen LogP) is 0.985. The molecule has 0 radical (unpaired) electrons. The molecule has 72 valence electrons. The number of hydrogen-bond donors (Lipinski definition) is 2. The molecule has 0 amide bonds. The van der Waals surface area contributed by atoms with Gasteiger partial charge in [0.1, 0.15) is 5.52 Å². The van der Waals surface area contributed by atoms with Crippen LogP contribution in [0, 0.1) is 0 Å². The van der Waals surface area contributed by atoms with E-state index in [1.165, 1.54) is 0 Å². The molecule has 0 aliphatic carbocycles. The Bertz CT molecular complexity index is 490. The van der Waals surface area contributed by atoms with Crippen LogP contribution in [0.25, 0.3) is 11.1 Å². The van der Waals surface area contributed by atoms with E-state index in [0.29, 0.717) is 17.6 Å². The van der Waals surface area contributed by atoms with Gasteiger partial charge in [-0.1, -0.05) is 12.1 Å². The van der Waals surface area contributed by atoms with Crippen LogP contribution in [0.15, 0.2) is 22.6 Å². The average Bonchev–Trinajstić information content (AvgIpc) is 2.60. The Balaban J connectivity index is 2.70. The quantitative estimate of drug-likeness (QED) is 0.740. The van der Waals surface area contributed by atoms with Crippen LogP contribution in [-0.4, -0.2) is 16.1 Å². The van der Waals surface area contributed by atoms with Crippen molar-refractivity contribution in [2.45, 2.75) is 6.54 Å². The van der Waals surface area contributed by atoms with Gasteiger partial charge in [0.05, 0.1) is 0 Å². The maximum absolute atomic E-state index is 10.6. The second kappa shape index (κ2) is 3.12. The number of carbonyl (C=O) groups is 1. The first-order valence-electron chi connectivity index (χ1n) is 4.04. The molecule has 0 unspecified atom stereocenters. The van der Waals surface area contributed by atoms with Gasteiger partial charge in [0.25, 0.3) is 0 Å². The third kappa shape index (κ3) is 1.23. The third-order valence-corrected chi connectivity index (χ3v) is 1.91. The molecule has 0 saturated carbocycles. The van der Waals surface area contributed by atoms with E-state index in [4.69, 9.17) is 15.3 Å². The highest BCUT2D eigenvalue weighted by atomic mass is 16.4. The number of aromatic carboxylic acids is 1. The molecule has 0 saturated heterocycles. The lowest BCUT2D eigenvalue weighted by Gasteiger charge is -1.93. The van der Waals surface area contributed by atoms with E-state index in [9.17, 15) is 4.79 Å². The summed E-state index contributed by atoms with van der Waals surface area (Å²) in [5.74, 6) is -1.48. The van der Waals surface area contributed by atoms with Crippen LogP contribution in [0.2, 0.25) is 0 Å².